The largest absolute Gasteiger partial charge is 0.507 e. The number of fused-ring (bicyclic) bond motifs is 3. The smallest absolute Gasteiger partial charge is 0.322 e. The molecule has 2 aliphatic rings. The number of carbonyl (C=O) groups is 2. The number of pyridine rings is 1. The van der Waals surface area contributed by atoms with Crippen molar-refractivity contribution >= 4 is 23.6 Å². The van der Waals surface area contributed by atoms with Crippen LogP contribution < -0.4 is 15.6 Å². The van der Waals surface area contributed by atoms with Gasteiger partial charge in [0.05, 0.1) is 12.6 Å². The summed E-state index contributed by atoms with van der Waals surface area (Å²) in [6.07, 6.45) is 0. The average molecular weight is 479 g/mol. The van der Waals surface area contributed by atoms with E-state index in [1.807, 2.05) is 49.4 Å². The highest BCUT2D eigenvalue weighted by molar-refractivity contribution is 7.98. The summed E-state index contributed by atoms with van der Waals surface area (Å²) in [5.74, 6) is -0.834. The van der Waals surface area contributed by atoms with Gasteiger partial charge in [-0.15, -0.1) is 0 Å². The summed E-state index contributed by atoms with van der Waals surface area (Å²) in [4.78, 5) is 37.4. The lowest BCUT2D eigenvalue weighted by atomic mass is 9.78. The number of ether oxygens (including phenoxy) is 1. The number of aromatic hydroxyl groups is 1. The minimum Gasteiger partial charge on any atom is -0.507 e. The summed E-state index contributed by atoms with van der Waals surface area (Å²) in [6, 6.07) is 13.3. The van der Waals surface area contributed by atoms with Crippen molar-refractivity contribution in [2.75, 3.05) is 13.2 Å². The number of aromatic nitrogens is 1. The van der Waals surface area contributed by atoms with Crippen LogP contribution in [0.2, 0.25) is 0 Å². The van der Waals surface area contributed by atoms with E-state index in [9.17, 15) is 19.5 Å². The predicted octanol–water partition coefficient (Wildman–Crippen LogP) is 3.13. The van der Waals surface area contributed by atoms with Crippen molar-refractivity contribution in [2.45, 2.75) is 24.5 Å². The molecule has 1 aromatic heterocycles. The van der Waals surface area contributed by atoms with Crippen LogP contribution in [0.1, 0.15) is 45.7 Å². The van der Waals surface area contributed by atoms with Gasteiger partial charge in [-0.2, -0.15) is 11.8 Å². The van der Waals surface area contributed by atoms with Gasteiger partial charge in [-0.25, -0.2) is 0 Å². The van der Waals surface area contributed by atoms with E-state index in [-0.39, 0.29) is 5.75 Å². The Labute approximate surface area is 199 Å². The number of hydrogen-bond donors (Lipinski definition) is 3. The van der Waals surface area contributed by atoms with Gasteiger partial charge in [0, 0.05) is 33.9 Å². The van der Waals surface area contributed by atoms with E-state index in [0.29, 0.717) is 29.4 Å². The van der Waals surface area contributed by atoms with Crippen LogP contribution in [-0.2, 0) is 16.3 Å². The third-order valence-corrected chi connectivity index (χ3v) is 7.10. The molecule has 34 heavy (non-hydrogen) atoms. The van der Waals surface area contributed by atoms with E-state index < -0.39 is 35.6 Å². The minimum absolute atomic E-state index is 0.375. The molecule has 3 N–H and O–H groups in total. The van der Waals surface area contributed by atoms with Crippen molar-refractivity contribution in [3.05, 3.63) is 80.8 Å². The molecular formula is C25H22N2O6S. The lowest BCUT2D eigenvalue weighted by molar-refractivity contribution is -0.135. The molecule has 3 aromatic rings. The van der Waals surface area contributed by atoms with Crippen LogP contribution in [0.4, 0.5) is 0 Å². The van der Waals surface area contributed by atoms with Crippen LogP contribution in [-0.4, -0.2) is 39.8 Å². The Morgan fingerprint density at radius 3 is 2.65 bits per heavy atom. The van der Waals surface area contributed by atoms with Gasteiger partial charge in [-0.05, 0) is 18.1 Å². The number of aliphatic carboxylic acids is 1. The van der Waals surface area contributed by atoms with Crippen molar-refractivity contribution in [3.8, 4) is 22.6 Å². The summed E-state index contributed by atoms with van der Waals surface area (Å²) in [6.45, 7) is 1.71. The molecule has 174 valence electrons. The Balaban J connectivity index is 1.70. The molecule has 1 unspecified atom stereocenters. The van der Waals surface area contributed by atoms with Crippen molar-refractivity contribution in [3.63, 3.8) is 0 Å². The Morgan fingerprint density at radius 1 is 1.18 bits per heavy atom. The zero-order chi connectivity index (χ0) is 24.0. The molecule has 0 radical (unpaired) electrons. The molecule has 1 aliphatic heterocycles. The zero-order valence-corrected chi connectivity index (χ0v) is 19.1. The molecule has 2 bridgehead atoms. The molecule has 1 aliphatic carbocycles. The van der Waals surface area contributed by atoms with Crippen LogP contribution in [0.3, 0.4) is 0 Å². The van der Waals surface area contributed by atoms with E-state index in [0.717, 1.165) is 28.0 Å². The maximum Gasteiger partial charge on any atom is 0.322 e. The first kappa shape index (κ1) is 22.1. The van der Waals surface area contributed by atoms with Crippen molar-refractivity contribution in [2.24, 2.45) is 0 Å². The van der Waals surface area contributed by atoms with Gasteiger partial charge in [-0.1, -0.05) is 42.5 Å². The first-order chi connectivity index (χ1) is 16.4. The number of benzene rings is 2. The zero-order valence-electron chi connectivity index (χ0n) is 18.3. The number of nitrogens with zero attached hydrogens (tertiary/aromatic N) is 1. The molecule has 8 nitrogen and oxygen atoms in total. The normalized spacial score (nSPS) is 15.4. The van der Waals surface area contributed by atoms with Gasteiger partial charge in [0.15, 0.2) is 0 Å². The number of carbonyl (C=O) groups excluding carboxylic acids is 1. The Bertz CT molecular complexity index is 1380. The van der Waals surface area contributed by atoms with Gasteiger partial charge in [0.1, 0.15) is 23.6 Å². The third kappa shape index (κ3) is 3.35. The second-order valence-corrected chi connectivity index (χ2v) is 9.03. The van der Waals surface area contributed by atoms with Crippen LogP contribution in [0, 0.1) is 0 Å². The van der Waals surface area contributed by atoms with E-state index in [1.165, 1.54) is 11.8 Å². The topological polar surface area (TPSA) is 118 Å². The number of rotatable bonds is 7. The second-order valence-electron chi connectivity index (χ2n) is 8.04. The lowest BCUT2D eigenvalue weighted by Crippen LogP contribution is -2.40. The van der Waals surface area contributed by atoms with Gasteiger partial charge >= 0.3 is 5.97 Å². The predicted molar refractivity (Wildman–Crippen MR) is 128 cm³/mol. The van der Waals surface area contributed by atoms with Gasteiger partial charge in [0.25, 0.3) is 11.5 Å². The number of thioether (sulfide) groups is 1. The van der Waals surface area contributed by atoms with Gasteiger partial charge in [0.2, 0.25) is 0 Å². The minimum atomic E-state index is -1.24. The highest BCUT2D eigenvalue weighted by Crippen LogP contribution is 2.54. The summed E-state index contributed by atoms with van der Waals surface area (Å²) in [7, 11) is 0. The third-order valence-electron chi connectivity index (χ3n) is 6.13. The molecule has 0 saturated heterocycles. The molecular weight excluding hydrogens is 456 g/mol. The van der Waals surface area contributed by atoms with E-state index in [1.54, 1.807) is 4.57 Å². The SMILES string of the molecule is CCOc1c2ccc(-c3ccccc3)c1C2n1c2c(c(O)c(C(=O)NCC(=O)O)c1=O)CSC2. The quantitative estimate of drug-likeness (QED) is 0.374. The van der Waals surface area contributed by atoms with Crippen molar-refractivity contribution in [1.82, 2.24) is 9.88 Å². The van der Waals surface area contributed by atoms with Crippen LogP contribution in [0.5, 0.6) is 11.5 Å². The highest BCUT2D eigenvalue weighted by atomic mass is 32.2. The molecule has 1 atom stereocenters. The van der Waals surface area contributed by atoms with Crippen LogP contribution in [0.15, 0.2) is 47.3 Å². The molecule has 2 aromatic carbocycles. The Hall–Kier alpha value is -3.72. The monoisotopic (exact) mass is 478 g/mol. The second kappa shape index (κ2) is 8.57. The summed E-state index contributed by atoms with van der Waals surface area (Å²) in [5, 5.41) is 21.9. The number of carboxylic acids is 1. The molecule has 2 heterocycles. The fourth-order valence-electron chi connectivity index (χ4n) is 4.68. The van der Waals surface area contributed by atoms with E-state index >= 15 is 0 Å². The average Bonchev–Trinajstić information content (AvgIpc) is 3.33. The Morgan fingerprint density at radius 2 is 1.94 bits per heavy atom. The molecule has 0 spiro atoms. The number of amides is 1. The molecule has 5 rings (SSSR count). The molecule has 1 amide bonds. The Kier molecular flexibility index (Phi) is 5.57. The summed E-state index contributed by atoms with van der Waals surface area (Å²) in [5.41, 5.74) is 3.71. The molecule has 9 heteroatoms. The van der Waals surface area contributed by atoms with Crippen LogP contribution in [0.25, 0.3) is 11.1 Å². The first-order valence-electron chi connectivity index (χ1n) is 10.9. The van der Waals surface area contributed by atoms with Gasteiger partial charge < -0.3 is 20.3 Å². The molecule has 0 saturated carbocycles. The summed E-state index contributed by atoms with van der Waals surface area (Å²) >= 11 is 1.54. The number of hydrogen-bond acceptors (Lipinski definition) is 6. The van der Waals surface area contributed by atoms with E-state index in [2.05, 4.69) is 5.32 Å². The van der Waals surface area contributed by atoms with Crippen molar-refractivity contribution < 1.29 is 24.5 Å². The fraction of sp³-hybridized carbons (Fsp3) is 0.240. The maximum atomic E-state index is 13.7. The highest BCUT2D eigenvalue weighted by Gasteiger charge is 2.41. The standard InChI is InChI=1S/C25H22N2O6S/c1-2-33-23-15-9-8-14(13-6-4-3-5-7-13)19(23)21(15)27-17-12-34-11-16(17)22(30)20(25(27)32)24(31)26-10-18(28)29/h3-9,21,30H,2,10-12H2,1H3,(H,26,31)(H,28,29). The van der Waals surface area contributed by atoms with Crippen molar-refractivity contribution in [1.29, 1.82) is 0 Å². The molecule has 0 fully saturated rings. The number of nitrogens with one attached hydrogen (secondary N) is 1. The lowest BCUT2D eigenvalue weighted by Gasteiger charge is -2.37. The van der Waals surface area contributed by atoms with E-state index in [4.69, 9.17) is 9.84 Å². The maximum absolute atomic E-state index is 13.7. The van der Waals surface area contributed by atoms with Gasteiger partial charge in [-0.3, -0.25) is 19.0 Å². The summed E-state index contributed by atoms with van der Waals surface area (Å²) < 4.78 is 7.50. The first-order valence-corrected chi connectivity index (χ1v) is 12.0. The fourth-order valence-corrected chi connectivity index (χ4v) is 5.80. The number of carboxylic acid groups (broad SMARTS) is 1. The van der Waals surface area contributed by atoms with Crippen LogP contribution >= 0.6 is 11.8 Å².